The lowest BCUT2D eigenvalue weighted by molar-refractivity contribution is -0.140. The van der Waals surface area contributed by atoms with Crippen LogP contribution in [0.25, 0.3) is 10.2 Å². The molecule has 1 N–H and O–H groups in total. The first-order chi connectivity index (χ1) is 14.3. The minimum Gasteiger partial charge on any atom is -0.480 e. The van der Waals surface area contributed by atoms with Crippen molar-refractivity contribution < 1.29 is 45.4 Å². The van der Waals surface area contributed by atoms with Gasteiger partial charge in [0.15, 0.2) is 10.6 Å². The summed E-state index contributed by atoms with van der Waals surface area (Å²) in [6.07, 6.45) is -9.76. The quantitative estimate of drug-likeness (QED) is 0.569. The number of alkyl halides is 6. The van der Waals surface area contributed by atoms with Gasteiger partial charge in [-0.2, -0.15) is 31.3 Å². The van der Waals surface area contributed by atoms with E-state index in [1.54, 1.807) is 0 Å². The molecule has 0 unspecified atom stereocenters. The maximum Gasteiger partial charge on any atom is 0.419 e. The molecular weight excluding hydrogens is 457 g/mol. The molecule has 2 aromatic carbocycles. The summed E-state index contributed by atoms with van der Waals surface area (Å²) in [6.45, 7) is -0.875. The van der Waals surface area contributed by atoms with Crippen LogP contribution in [-0.2, 0) is 23.7 Å². The van der Waals surface area contributed by atoms with Gasteiger partial charge in [0.05, 0.1) is 21.3 Å². The molecule has 3 aromatic rings. The average Bonchev–Trinajstić information content (AvgIpc) is 2.98. The Morgan fingerprint density at radius 1 is 1.03 bits per heavy atom. The molecule has 0 spiro atoms. The molecule has 0 saturated heterocycles. The first-order valence-corrected chi connectivity index (χ1v) is 8.98. The number of carboxylic acid groups (broad SMARTS) is 1. The van der Waals surface area contributed by atoms with E-state index in [2.05, 4.69) is 4.99 Å². The number of aliphatic carboxylic acids is 1. The predicted octanol–water partition coefficient (Wildman–Crippen LogP) is 4.71. The fourth-order valence-electron chi connectivity index (χ4n) is 2.68. The number of fused-ring (bicyclic) bond motifs is 1. The van der Waals surface area contributed by atoms with Crippen LogP contribution >= 0.6 is 11.3 Å². The summed E-state index contributed by atoms with van der Waals surface area (Å²) < 4.78 is 92.0. The normalized spacial score (nSPS) is 13.1. The van der Waals surface area contributed by atoms with Crippen molar-refractivity contribution >= 4 is 33.4 Å². The summed E-state index contributed by atoms with van der Waals surface area (Å²) in [5.41, 5.74) is -3.50. The molecule has 0 atom stereocenters. The third-order valence-electron chi connectivity index (χ3n) is 4.02. The smallest absolute Gasteiger partial charge is 0.419 e. The van der Waals surface area contributed by atoms with Crippen molar-refractivity contribution in [1.82, 2.24) is 4.57 Å². The van der Waals surface area contributed by atoms with Crippen molar-refractivity contribution in [2.45, 2.75) is 18.9 Å². The second-order valence-corrected chi connectivity index (χ2v) is 7.11. The van der Waals surface area contributed by atoms with Crippen LogP contribution in [0.15, 0.2) is 41.4 Å². The molecule has 164 valence electrons. The third kappa shape index (κ3) is 4.60. The van der Waals surface area contributed by atoms with Gasteiger partial charge in [-0.1, -0.05) is 17.4 Å². The van der Waals surface area contributed by atoms with E-state index in [1.807, 2.05) is 0 Å². The van der Waals surface area contributed by atoms with Gasteiger partial charge in [-0.05, 0) is 30.3 Å². The zero-order chi connectivity index (χ0) is 23.1. The van der Waals surface area contributed by atoms with Crippen LogP contribution in [0.1, 0.15) is 21.5 Å². The van der Waals surface area contributed by atoms with Crippen molar-refractivity contribution in [3.05, 3.63) is 63.7 Å². The minimum atomic E-state index is -5.02. The van der Waals surface area contributed by atoms with Crippen molar-refractivity contribution in [3.63, 3.8) is 0 Å². The molecule has 13 heteroatoms. The van der Waals surface area contributed by atoms with Gasteiger partial charge in [-0.3, -0.25) is 9.59 Å². The molecule has 0 bridgehead atoms. The van der Waals surface area contributed by atoms with E-state index < -0.39 is 62.8 Å². The molecule has 3 rings (SSSR count). The first kappa shape index (κ1) is 22.5. The van der Waals surface area contributed by atoms with E-state index in [9.17, 15) is 40.3 Å². The second kappa shape index (κ2) is 7.80. The summed E-state index contributed by atoms with van der Waals surface area (Å²) in [5.74, 6) is -4.36. The number of aromatic nitrogens is 1. The fourth-order valence-corrected chi connectivity index (χ4v) is 3.74. The van der Waals surface area contributed by atoms with E-state index in [4.69, 9.17) is 5.11 Å². The number of rotatable bonds is 3. The zero-order valence-electron chi connectivity index (χ0n) is 14.9. The lowest BCUT2D eigenvalue weighted by Crippen LogP contribution is -2.21. The van der Waals surface area contributed by atoms with Gasteiger partial charge in [-0.25, -0.2) is 4.39 Å². The highest BCUT2D eigenvalue weighted by atomic mass is 32.1. The Morgan fingerprint density at radius 2 is 1.71 bits per heavy atom. The molecular formula is C18H9F7N2O3S. The maximum absolute atomic E-state index is 14.4. The summed E-state index contributed by atoms with van der Waals surface area (Å²) >= 11 is 0.270. The van der Waals surface area contributed by atoms with E-state index in [0.717, 1.165) is 28.8 Å². The van der Waals surface area contributed by atoms with E-state index in [0.29, 0.717) is 12.1 Å². The van der Waals surface area contributed by atoms with Crippen molar-refractivity contribution in [2.24, 2.45) is 4.99 Å². The Hall–Kier alpha value is -3.22. The molecule has 0 fully saturated rings. The van der Waals surface area contributed by atoms with Crippen molar-refractivity contribution in [2.75, 3.05) is 0 Å². The van der Waals surface area contributed by atoms with Crippen LogP contribution in [0.4, 0.5) is 30.7 Å². The summed E-state index contributed by atoms with van der Waals surface area (Å²) in [5, 5.41) is 9.06. The van der Waals surface area contributed by atoms with Crippen LogP contribution in [-0.4, -0.2) is 21.6 Å². The lowest BCUT2D eigenvalue weighted by Gasteiger charge is -2.08. The largest absolute Gasteiger partial charge is 0.480 e. The third-order valence-corrected chi connectivity index (χ3v) is 5.11. The standard InChI is InChI=1S/C18H9F7N2O3S/c19-13-10(18(23,24)25)4-5-11-14(13)31-16(27(11)7-12(28)29)26-15(30)8-2-1-3-9(6-8)17(20,21)22/h1-6H,7H2,(H,28,29)/b26-16-. The first-order valence-electron chi connectivity index (χ1n) is 8.16. The van der Waals surface area contributed by atoms with Gasteiger partial charge in [0.25, 0.3) is 5.91 Å². The Kier molecular flexibility index (Phi) is 5.65. The Morgan fingerprint density at radius 3 is 2.29 bits per heavy atom. The van der Waals surface area contributed by atoms with Crippen molar-refractivity contribution in [3.8, 4) is 0 Å². The Balaban J connectivity index is 2.21. The van der Waals surface area contributed by atoms with Gasteiger partial charge in [0.2, 0.25) is 0 Å². The molecule has 0 aliphatic rings. The number of carboxylic acids is 1. The highest BCUT2D eigenvalue weighted by Gasteiger charge is 2.35. The molecule has 5 nitrogen and oxygen atoms in total. The average molecular weight is 466 g/mol. The summed E-state index contributed by atoms with van der Waals surface area (Å²) in [6, 6.07) is 4.46. The number of halogens is 7. The van der Waals surface area contributed by atoms with Gasteiger partial charge in [-0.15, -0.1) is 0 Å². The van der Waals surface area contributed by atoms with Gasteiger partial charge < -0.3 is 9.67 Å². The minimum absolute atomic E-state index is 0.270. The molecule has 0 saturated carbocycles. The van der Waals surface area contributed by atoms with Crippen LogP contribution in [0.2, 0.25) is 0 Å². The van der Waals surface area contributed by atoms with E-state index >= 15 is 0 Å². The number of carbonyl (C=O) groups excluding carboxylic acids is 1. The number of amides is 1. The van der Waals surface area contributed by atoms with Crippen LogP contribution in [0.3, 0.4) is 0 Å². The number of thiazole rings is 1. The van der Waals surface area contributed by atoms with Crippen molar-refractivity contribution in [1.29, 1.82) is 0 Å². The molecule has 1 amide bonds. The molecule has 0 radical (unpaired) electrons. The Labute approximate surface area is 171 Å². The fraction of sp³-hybridized carbons (Fsp3) is 0.167. The molecule has 31 heavy (non-hydrogen) atoms. The predicted molar refractivity (Wildman–Crippen MR) is 93.7 cm³/mol. The number of carbonyl (C=O) groups is 2. The van der Waals surface area contributed by atoms with Crippen LogP contribution in [0.5, 0.6) is 0 Å². The summed E-state index contributed by atoms with van der Waals surface area (Å²) in [7, 11) is 0. The second-order valence-electron chi connectivity index (χ2n) is 6.13. The van der Waals surface area contributed by atoms with Gasteiger partial charge >= 0.3 is 18.3 Å². The maximum atomic E-state index is 14.4. The number of nitrogens with zero attached hydrogens (tertiary/aromatic N) is 2. The number of hydrogen-bond donors (Lipinski definition) is 1. The topological polar surface area (TPSA) is 71.7 Å². The monoisotopic (exact) mass is 466 g/mol. The highest BCUT2D eigenvalue weighted by molar-refractivity contribution is 7.16. The molecule has 1 heterocycles. The highest BCUT2D eigenvalue weighted by Crippen LogP contribution is 2.35. The van der Waals surface area contributed by atoms with Crippen LogP contribution < -0.4 is 4.80 Å². The molecule has 0 aliphatic heterocycles. The Bertz CT molecular complexity index is 1260. The zero-order valence-corrected chi connectivity index (χ0v) is 15.7. The van der Waals surface area contributed by atoms with Gasteiger partial charge in [0, 0.05) is 5.56 Å². The number of hydrogen-bond acceptors (Lipinski definition) is 3. The van der Waals surface area contributed by atoms with E-state index in [1.165, 1.54) is 0 Å². The molecule has 0 aliphatic carbocycles. The van der Waals surface area contributed by atoms with Crippen LogP contribution in [0, 0.1) is 5.82 Å². The summed E-state index contributed by atoms with van der Waals surface area (Å²) in [4.78, 5) is 26.6. The molecule has 1 aromatic heterocycles. The van der Waals surface area contributed by atoms with Gasteiger partial charge in [0.1, 0.15) is 6.54 Å². The lowest BCUT2D eigenvalue weighted by atomic mass is 10.1. The van der Waals surface area contributed by atoms with E-state index in [-0.39, 0.29) is 16.9 Å². The SMILES string of the molecule is O=C(O)Cn1/c(=N/C(=O)c2cccc(C(F)(F)F)c2)sc2c(F)c(C(F)(F)F)ccc21. The number of benzene rings is 2.